The molecule has 0 saturated carbocycles. The van der Waals surface area contributed by atoms with Crippen LogP contribution in [0.25, 0.3) is 11.3 Å². The molecule has 1 aromatic carbocycles. The smallest absolute Gasteiger partial charge is 0.248 e. The molecule has 1 atom stereocenters. The number of carbonyl (C=O) groups is 1. The first kappa shape index (κ1) is 16.3. The second kappa shape index (κ2) is 7.31. The Morgan fingerprint density at radius 2 is 2.12 bits per heavy atom. The van der Waals surface area contributed by atoms with E-state index in [2.05, 4.69) is 63.9 Å². The zero-order valence-corrected chi connectivity index (χ0v) is 14.3. The first-order valence-corrected chi connectivity index (χ1v) is 8.60. The molecule has 7 nitrogen and oxygen atoms in total. The Morgan fingerprint density at radius 3 is 2.79 bits per heavy atom. The lowest BCUT2D eigenvalue weighted by atomic mass is 9.97. The van der Waals surface area contributed by atoms with Crippen LogP contribution in [-0.4, -0.2) is 31.1 Å². The fourth-order valence-electron chi connectivity index (χ4n) is 2.24. The van der Waals surface area contributed by atoms with Crippen molar-refractivity contribution in [2.24, 2.45) is 0 Å². The average molecular weight is 342 g/mol. The van der Waals surface area contributed by atoms with Crippen molar-refractivity contribution < 1.29 is 4.79 Å². The maximum atomic E-state index is 11.9. The van der Waals surface area contributed by atoms with E-state index in [1.807, 2.05) is 5.38 Å². The Labute approximate surface area is 143 Å². The fraction of sp³-hybridized carbons (Fsp3) is 0.312. The number of amides is 1. The zero-order valence-electron chi connectivity index (χ0n) is 13.5. The minimum absolute atomic E-state index is 0.0610. The topological polar surface area (TPSA) is 85.6 Å². The summed E-state index contributed by atoms with van der Waals surface area (Å²) in [5, 5.41) is 15.9. The molecule has 1 amide bonds. The summed E-state index contributed by atoms with van der Waals surface area (Å²) in [6, 6.07) is 8.42. The van der Waals surface area contributed by atoms with Crippen molar-refractivity contribution in [1.82, 2.24) is 25.2 Å². The zero-order chi connectivity index (χ0) is 16.9. The molecule has 0 fully saturated rings. The van der Waals surface area contributed by atoms with E-state index in [4.69, 9.17) is 0 Å². The second-order valence-electron chi connectivity index (χ2n) is 5.52. The number of nitrogens with one attached hydrogen (secondary N) is 1. The van der Waals surface area contributed by atoms with E-state index in [9.17, 15) is 4.79 Å². The number of anilines is 1. The number of carbonyl (C=O) groups excluding carboxylic acids is 1. The van der Waals surface area contributed by atoms with Gasteiger partial charge in [-0.2, -0.15) is 0 Å². The van der Waals surface area contributed by atoms with Crippen molar-refractivity contribution in [3.05, 3.63) is 41.5 Å². The number of hydrogen-bond acceptors (Lipinski definition) is 6. The summed E-state index contributed by atoms with van der Waals surface area (Å²) in [7, 11) is 0. The van der Waals surface area contributed by atoms with Crippen LogP contribution in [0.2, 0.25) is 0 Å². The monoisotopic (exact) mass is 342 g/mol. The van der Waals surface area contributed by atoms with Crippen molar-refractivity contribution in [2.45, 2.75) is 32.7 Å². The van der Waals surface area contributed by atoms with Gasteiger partial charge < -0.3 is 5.32 Å². The van der Waals surface area contributed by atoms with E-state index in [-0.39, 0.29) is 12.5 Å². The van der Waals surface area contributed by atoms with Gasteiger partial charge in [-0.1, -0.05) is 38.1 Å². The number of nitrogens with zero attached hydrogens (tertiary/aromatic N) is 5. The normalized spacial score (nSPS) is 12.1. The standard InChI is InChI=1S/C16H18N6OS/c1-3-11(2)12-4-6-13(7-5-12)14-9-24-16(18-14)19-15(23)8-22-10-17-20-21-22/h4-7,9-11H,3,8H2,1-2H3,(H,18,19,23). The first-order chi connectivity index (χ1) is 11.7. The molecular weight excluding hydrogens is 324 g/mol. The maximum absolute atomic E-state index is 11.9. The summed E-state index contributed by atoms with van der Waals surface area (Å²) in [5.41, 5.74) is 3.22. The van der Waals surface area contributed by atoms with Crippen LogP contribution < -0.4 is 5.32 Å². The van der Waals surface area contributed by atoms with Gasteiger partial charge in [-0.05, 0) is 28.3 Å². The molecule has 8 heteroatoms. The van der Waals surface area contributed by atoms with Gasteiger partial charge >= 0.3 is 0 Å². The van der Waals surface area contributed by atoms with Crippen LogP contribution in [0.4, 0.5) is 5.13 Å². The lowest BCUT2D eigenvalue weighted by Crippen LogP contribution is -2.19. The SMILES string of the molecule is CCC(C)c1ccc(-c2csc(NC(=O)Cn3cnnn3)n2)cc1. The molecule has 24 heavy (non-hydrogen) atoms. The van der Waals surface area contributed by atoms with Crippen molar-refractivity contribution >= 4 is 22.4 Å². The van der Waals surface area contributed by atoms with E-state index in [1.54, 1.807) is 0 Å². The van der Waals surface area contributed by atoms with Crippen LogP contribution >= 0.6 is 11.3 Å². The molecule has 2 heterocycles. The van der Waals surface area contributed by atoms with Gasteiger partial charge in [0, 0.05) is 10.9 Å². The molecule has 3 rings (SSSR count). The Bertz CT molecular complexity index is 796. The van der Waals surface area contributed by atoms with Crippen LogP contribution in [0, 0.1) is 0 Å². The number of tetrazole rings is 1. The van der Waals surface area contributed by atoms with Crippen molar-refractivity contribution in [2.75, 3.05) is 5.32 Å². The van der Waals surface area contributed by atoms with Gasteiger partial charge in [0.2, 0.25) is 5.91 Å². The first-order valence-electron chi connectivity index (χ1n) is 7.72. The molecule has 0 aliphatic rings. The molecule has 1 unspecified atom stereocenters. The number of rotatable bonds is 6. The lowest BCUT2D eigenvalue weighted by molar-refractivity contribution is -0.116. The van der Waals surface area contributed by atoms with Crippen LogP contribution in [0.5, 0.6) is 0 Å². The van der Waals surface area contributed by atoms with Gasteiger partial charge in [-0.3, -0.25) is 4.79 Å². The predicted molar refractivity (Wildman–Crippen MR) is 92.7 cm³/mol. The third-order valence-corrected chi connectivity index (χ3v) is 4.59. The van der Waals surface area contributed by atoms with E-state index >= 15 is 0 Å². The van der Waals surface area contributed by atoms with Gasteiger partial charge in [0.1, 0.15) is 12.9 Å². The average Bonchev–Trinajstić information content (AvgIpc) is 3.26. The minimum atomic E-state index is -0.213. The van der Waals surface area contributed by atoms with E-state index in [0.29, 0.717) is 11.0 Å². The molecule has 3 aromatic rings. The Morgan fingerprint density at radius 1 is 1.33 bits per heavy atom. The van der Waals surface area contributed by atoms with Crippen LogP contribution in [0.1, 0.15) is 31.7 Å². The van der Waals surface area contributed by atoms with Gasteiger partial charge in [-0.15, -0.1) is 16.4 Å². The molecular formula is C16H18N6OS. The fourth-order valence-corrected chi connectivity index (χ4v) is 2.98. The lowest BCUT2D eigenvalue weighted by Gasteiger charge is -2.08. The molecule has 0 saturated heterocycles. The van der Waals surface area contributed by atoms with Crippen molar-refractivity contribution in [3.63, 3.8) is 0 Å². The highest BCUT2D eigenvalue weighted by molar-refractivity contribution is 7.14. The van der Waals surface area contributed by atoms with E-state index < -0.39 is 0 Å². The summed E-state index contributed by atoms with van der Waals surface area (Å²) in [6.07, 6.45) is 2.51. The van der Waals surface area contributed by atoms with Crippen LogP contribution in [0.3, 0.4) is 0 Å². The van der Waals surface area contributed by atoms with E-state index in [0.717, 1.165) is 17.7 Å². The highest BCUT2D eigenvalue weighted by atomic mass is 32.1. The summed E-state index contributed by atoms with van der Waals surface area (Å²) in [6.45, 7) is 4.46. The molecule has 2 aromatic heterocycles. The molecule has 1 N–H and O–H groups in total. The minimum Gasteiger partial charge on any atom is -0.300 e. The highest BCUT2D eigenvalue weighted by Crippen LogP contribution is 2.27. The third-order valence-electron chi connectivity index (χ3n) is 3.84. The molecule has 0 spiro atoms. The summed E-state index contributed by atoms with van der Waals surface area (Å²) >= 11 is 1.40. The number of aromatic nitrogens is 5. The number of thiazole rings is 1. The van der Waals surface area contributed by atoms with Gasteiger partial charge in [0.15, 0.2) is 5.13 Å². The number of hydrogen-bond donors (Lipinski definition) is 1. The predicted octanol–water partition coefficient (Wildman–Crippen LogP) is 2.95. The molecule has 124 valence electrons. The Balaban J connectivity index is 1.65. The van der Waals surface area contributed by atoms with Crippen LogP contribution in [0.15, 0.2) is 36.0 Å². The Kier molecular flexibility index (Phi) is 4.95. The summed E-state index contributed by atoms with van der Waals surface area (Å²) in [5.74, 6) is 0.339. The van der Waals surface area contributed by atoms with Crippen molar-refractivity contribution in [3.8, 4) is 11.3 Å². The third kappa shape index (κ3) is 3.83. The number of benzene rings is 1. The molecule has 0 bridgehead atoms. The van der Waals surface area contributed by atoms with Crippen molar-refractivity contribution in [1.29, 1.82) is 0 Å². The van der Waals surface area contributed by atoms with Gasteiger partial charge in [0.05, 0.1) is 5.69 Å². The summed E-state index contributed by atoms with van der Waals surface area (Å²) < 4.78 is 1.36. The molecule has 0 aliphatic heterocycles. The van der Waals surface area contributed by atoms with E-state index in [1.165, 1.54) is 27.9 Å². The van der Waals surface area contributed by atoms with Gasteiger partial charge in [0.25, 0.3) is 0 Å². The quantitative estimate of drug-likeness (QED) is 0.744. The maximum Gasteiger partial charge on any atom is 0.248 e. The highest BCUT2D eigenvalue weighted by Gasteiger charge is 2.10. The van der Waals surface area contributed by atoms with Crippen LogP contribution in [-0.2, 0) is 11.3 Å². The summed E-state index contributed by atoms with van der Waals surface area (Å²) in [4.78, 5) is 16.4. The molecule has 0 aliphatic carbocycles. The molecule has 0 radical (unpaired) electrons. The largest absolute Gasteiger partial charge is 0.300 e. The van der Waals surface area contributed by atoms with Gasteiger partial charge in [-0.25, -0.2) is 9.67 Å². The Hall–Kier alpha value is -2.61. The second-order valence-corrected chi connectivity index (χ2v) is 6.38.